The van der Waals surface area contributed by atoms with E-state index in [0.717, 1.165) is 18.1 Å². The van der Waals surface area contributed by atoms with Crippen LogP contribution in [0.15, 0.2) is 24.4 Å². The second-order valence-corrected chi connectivity index (χ2v) is 9.50. The summed E-state index contributed by atoms with van der Waals surface area (Å²) in [6.07, 6.45) is 21.9. The molecule has 1 fully saturated rings. The van der Waals surface area contributed by atoms with Gasteiger partial charge in [0.2, 0.25) is 5.91 Å². The Balaban J connectivity index is 2.08. The lowest BCUT2D eigenvalue weighted by molar-refractivity contribution is -0.121. The van der Waals surface area contributed by atoms with Crippen LogP contribution in [0.5, 0.6) is 0 Å². The van der Waals surface area contributed by atoms with Crippen molar-refractivity contribution in [2.45, 2.75) is 83.6 Å². The average molecular weight is 399 g/mol. The van der Waals surface area contributed by atoms with Crippen LogP contribution < -0.4 is 10.6 Å². The number of hydrogen-bond donors (Lipinski definition) is 2. The van der Waals surface area contributed by atoms with Gasteiger partial charge in [-0.05, 0) is 32.0 Å². The van der Waals surface area contributed by atoms with Crippen molar-refractivity contribution in [3.8, 4) is 0 Å². The Morgan fingerprint density at radius 1 is 0.962 bits per heavy atom. The van der Waals surface area contributed by atoms with Gasteiger partial charge in [-0.15, -0.1) is 0 Å². The van der Waals surface area contributed by atoms with Crippen LogP contribution in [0, 0.1) is 0 Å². The Bertz CT molecular complexity index is 387. The molecular weight excluding hydrogens is 360 g/mol. The maximum atomic E-state index is 12.2. The summed E-state index contributed by atoms with van der Waals surface area (Å²) in [5.41, 5.74) is 0. The lowest BCUT2D eigenvalue weighted by Crippen LogP contribution is -2.35. The molecule has 26 heavy (non-hydrogen) atoms. The zero-order valence-electron chi connectivity index (χ0n) is 16.5. The predicted molar refractivity (Wildman–Crippen MR) is 120 cm³/mol. The molecular formula is C21H38N2OS2. The van der Waals surface area contributed by atoms with E-state index >= 15 is 0 Å². The van der Waals surface area contributed by atoms with Gasteiger partial charge in [0.25, 0.3) is 0 Å². The molecule has 0 atom stereocenters. The molecule has 0 heterocycles. The molecule has 5 heteroatoms. The first kappa shape index (κ1) is 23.5. The van der Waals surface area contributed by atoms with Gasteiger partial charge >= 0.3 is 0 Å². The van der Waals surface area contributed by atoms with E-state index in [-0.39, 0.29) is 5.91 Å². The standard InChI is InChI=1S/C21H38N2OS2/c1-2-22-17-12-9-13-18-25-26-19-16-21(24)23-20-14-10-7-5-3-4-6-8-11-15-20/h9,12-13,17,20,22H,2-8,10-11,14-16,18-19H2,1H3,(H,23,24)/b13-9-,17-12-. The molecule has 3 nitrogen and oxygen atoms in total. The normalized spacial score (nSPS) is 18.0. The molecule has 0 bridgehead atoms. The second kappa shape index (κ2) is 17.8. The van der Waals surface area contributed by atoms with E-state index in [2.05, 4.69) is 29.7 Å². The summed E-state index contributed by atoms with van der Waals surface area (Å²) in [6.45, 7) is 3.04. The Kier molecular flexibility index (Phi) is 16.1. The molecule has 1 saturated carbocycles. The molecule has 1 aliphatic carbocycles. The Labute approximate surface area is 169 Å². The molecule has 0 aromatic rings. The monoisotopic (exact) mass is 398 g/mol. The molecule has 0 aromatic heterocycles. The maximum absolute atomic E-state index is 12.2. The van der Waals surface area contributed by atoms with Crippen molar-refractivity contribution < 1.29 is 4.79 Å². The maximum Gasteiger partial charge on any atom is 0.221 e. The minimum absolute atomic E-state index is 0.238. The SMILES string of the molecule is CCN/C=C\C=C/CSSCCC(=O)NC1CCCCCCCCCC1. The van der Waals surface area contributed by atoms with Crippen LogP contribution in [0.4, 0.5) is 0 Å². The van der Waals surface area contributed by atoms with E-state index in [1.807, 2.05) is 23.1 Å². The van der Waals surface area contributed by atoms with Crippen molar-refractivity contribution in [3.63, 3.8) is 0 Å². The van der Waals surface area contributed by atoms with Crippen LogP contribution in [0.25, 0.3) is 0 Å². The smallest absolute Gasteiger partial charge is 0.221 e. The zero-order chi connectivity index (χ0) is 18.7. The summed E-state index contributed by atoms with van der Waals surface area (Å²) in [7, 11) is 3.61. The van der Waals surface area contributed by atoms with Gasteiger partial charge in [-0.3, -0.25) is 4.79 Å². The number of nitrogens with one attached hydrogen (secondary N) is 2. The number of amides is 1. The second-order valence-electron chi connectivity index (χ2n) is 6.87. The molecule has 1 aliphatic rings. The molecule has 0 spiro atoms. The molecule has 0 saturated heterocycles. The van der Waals surface area contributed by atoms with Crippen molar-refractivity contribution in [1.82, 2.24) is 10.6 Å². The molecule has 2 N–H and O–H groups in total. The third kappa shape index (κ3) is 14.6. The van der Waals surface area contributed by atoms with E-state index in [1.165, 1.54) is 64.2 Å². The van der Waals surface area contributed by atoms with Crippen LogP contribution in [0.2, 0.25) is 0 Å². The van der Waals surface area contributed by atoms with Gasteiger partial charge in [-0.2, -0.15) is 0 Å². The number of carbonyl (C=O) groups excluding carboxylic acids is 1. The quantitative estimate of drug-likeness (QED) is 0.276. The lowest BCUT2D eigenvalue weighted by Gasteiger charge is -2.18. The highest BCUT2D eigenvalue weighted by Crippen LogP contribution is 2.22. The van der Waals surface area contributed by atoms with Gasteiger partial charge < -0.3 is 10.6 Å². The van der Waals surface area contributed by atoms with Crippen LogP contribution in [-0.2, 0) is 4.79 Å². The van der Waals surface area contributed by atoms with E-state index in [4.69, 9.17) is 0 Å². The highest BCUT2D eigenvalue weighted by Gasteiger charge is 2.12. The van der Waals surface area contributed by atoms with Crippen molar-refractivity contribution >= 4 is 27.5 Å². The first-order valence-corrected chi connectivity index (χ1v) is 12.9. The van der Waals surface area contributed by atoms with Crippen molar-refractivity contribution in [1.29, 1.82) is 0 Å². The van der Waals surface area contributed by atoms with Crippen LogP contribution in [-0.4, -0.2) is 30.0 Å². The highest BCUT2D eigenvalue weighted by atomic mass is 33.1. The van der Waals surface area contributed by atoms with Gasteiger partial charge in [-0.1, -0.05) is 85.1 Å². The predicted octanol–water partition coefficient (Wildman–Crippen LogP) is 5.84. The summed E-state index contributed by atoms with van der Waals surface area (Å²) in [5.74, 6) is 2.11. The Morgan fingerprint density at radius 3 is 2.27 bits per heavy atom. The first-order valence-electron chi connectivity index (χ1n) is 10.4. The Hall–Kier alpha value is -0.550. The van der Waals surface area contributed by atoms with E-state index in [0.29, 0.717) is 12.5 Å². The first-order chi connectivity index (χ1) is 12.8. The fraction of sp³-hybridized carbons (Fsp3) is 0.762. The van der Waals surface area contributed by atoms with E-state index in [1.54, 1.807) is 10.8 Å². The zero-order valence-corrected chi connectivity index (χ0v) is 18.1. The van der Waals surface area contributed by atoms with Crippen molar-refractivity contribution in [3.05, 3.63) is 24.4 Å². The fourth-order valence-electron chi connectivity index (χ4n) is 3.09. The summed E-state index contributed by atoms with van der Waals surface area (Å²) in [4.78, 5) is 12.2. The molecule has 150 valence electrons. The summed E-state index contributed by atoms with van der Waals surface area (Å²) < 4.78 is 0. The van der Waals surface area contributed by atoms with E-state index < -0.39 is 0 Å². The molecule has 1 rings (SSSR count). The minimum Gasteiger partial charge on any atom is -0.391 e. The van der Waals surface area contributed by atoms with Gasteiger partial charge in [-0.25, -0.2) is 0 Å². The largest absolute Gasteiger partial charge is 0.391 e. The number of allylic oxidation sites excluding steroid dienone is 2. The van der Waals surface area contributed by atoms with Gasteiger partial charge in [0.15, 0.2) is 0 Å². The van der Waals surface area contributed by atoms with Crippen molar-refractivity contribution in [2.75, 3.05) is 18.1 Å². The highest BCUT2D eigenvalue weighted by molar-refractivity contribution is 8.76. The van der Waals surface area contributed by atoms with Gasteiger partial charge in [0.1, 0.15) is 0 Å². The molecule has 0 aliphatic heterocycles. The lowest BCUT2D eigenvalue weighted by atomic mass is 10.0. The van der Waals surface area contributed by atoms with Gasteiger partial charge in [0, 0.05) is 30.5 Å². The number of hydrogen-bond acceptors (Lipinski definition) is 4. The average Bonchev–Trinajstić information content (AvgIpc) is 2.69. The summed E-state index contributed by atoms with van der Waals surface area (Å²) >= 11 is 0. The van der Waals surface area contributed by atoms with Crippen LogP contribution in [0.1, 0.15) is 77.6 Å². The third-order valence-corrected chi connectivity index (χ3v) is 6.82. The number of rotatable bonds is 10. The molecule has 1 amide bonds. The fourth-order valence-corrected chi connectivity index (χ4v) is 4.89. The molecule has 0 aromatic carbocycles. The minimum atomic E-state index is 0.238. The van der Waals surface area contributed by atoms with Crippen molar-refractivity contribution in [2.24, 2.45) is 0 Å². The summed E-state index contributed by atoms with van der Waals surface area (Å²) in [5, 5.41) is 6.43. The Morgan fingerprint density at radius 2 is 1.62 bits per heavy atom. The van der Waals surface area contributed by atoms with Gasteiger partial charge in [0.05, 0.1) is 0 Å². The summed E-state index contributed by atoms with van der Waals surface area (Å²) in [6, 6.07) is 0.407. The molecule has 0 unspecified atom stereocenters. The van der Waals surface area contributed by atoms with Crippen LogP contribution >= 0.6 is 21.6 Å². The number of carbonyl (C=O) groups is 1. The third-order valence-electron chi connectivity index (χ3n) is 4.55. The topological polar surface area (TPSA) is 41.1 Å². The molecule has 0 radical (unpaired) electrons. The van der Waals surface area contributed by atoms with Crippen LogP contribution in [0.3, 0.4) is 0 Å². The van der Waals surface area contributed by atoms with E-state index in [9.17, 15) is 4.79 Å².